The first-order valence-electron chi connectivity index (χ1n) is 7.11. The minimum atomic E-state index is -0.538. The number of hydrogen-bond acceptors (Lipinski definition) is 4. The van der Waals surface area contributed by atoms with Crippen LogP contribution in [0.25, 0.3) is 0 Å². The highest BCUT2D eigenvalue weighted by atomic mass is 19.1. The number of halogens is 1. The molecule has 1 unspecified atom stereocenters. The zero-order valence-corrected chi connectivity index (χ0v) is 12.2. The van der Waals surface area contributed by atoms with Crippen LogP contribution >= 0.6 is 0 Å². The Morgan fingerprint density at radius 2 is 2.27 bits per heavy atom. The third kappa shape index (κ3) is 2.64. The first-order chi connectivity index (χ1) is 10.7. The highest BCUT2D eigenvalue weighted by molar-refractivity contribution is 5.94. The number of hydrogen-bond donors (Lipinski definition) is 0. The number of aromatic nitrogens is 2. The van der Waals surface area contributed by atoms with Crippen LogP contribution < -0.4 is 4.74 Å². The molecule has 22 heavy (non-hydrogen) atoms. The number of carbonyl (C=O) groups is 1. The molecule has 0 aliphatic carbocycles. The molecule has 1 fully saturated rings. The lowest BCUT2D eigenvalue weighted by Crippen LogP contribution is -2.31. The lowest BCUT2D eigenvalue weighted by molar-refractivity contribution is 0.0732. The van der Waals surface area contributed by atoms with Gasteiger partial charge in [-0.25, -0.2) is 4.39 Å². The molecule has 0 saturated carbocycles. The summed E-state index contributed by atoms with van der Waals surface area (Å²) in [5, 5.41) is 0. The van der Waals surface area contributed by atoms with Gasteiger partial charge in [0.05, 0.1) is 25.0 Å². The van der Waals surface area contributed by atoms with Gasteiger partial charge in [-0.3, -0.25) is 14.8 Å². The Balaban J connectivity index is 1.86. The van der Waals surface area contributed by atoms with Crippen LogP contribution in [0.4, 0.5) is 4.39 Å². The highest BCUT2D eigenvalue weighted by Gasteiger charge is 2.31. The largest absolute Gasteiger partial charge is 0.494 e. The lowest BCUT2D eigenvalue weighted by Gasteiger charge is -2.24. The molecule has 3 rings (SSSR count). The zero-order chi connectivity index (χ0) is 15.5. The summed E-state index contributed by atoms with van der Waals surface area (Å²) in [4.78, 5) is 22.7. The van der Waals surface area contributed by atoms with E-state index >= 15 is 0 Å². The second-order valence-corrected chi connectivity index (χ2v) is 5.14. The smallest absolute Gasteiger partial charge is 0.254 e. The van der Waals surface area contributed by atoms with E-state index in [0.717, 1.165) is 18.5 Å². The van der Waals surface area contributed by atoms with Gasteiger partial charge in [-0.1, -0.05) is 0 Å². The Bertz CT molecular complexity index is 678. The first-order valence-corrected chi connectivity index (χ1v) is 7.11. The molecule has 1 saturated heterocycles. The van der Waals surface area contributed by atoms with E-state index in [1.807, 2.05) is 0 Å². The number of amides is 1. The molecule has 1 aromatic heterocycles. The summed E-state index contributed by atoms with van der Waals surface area (Å²) in [5.41, 5.74) is 1.08. The summed E-state index contributed by atoms with van der Waals surface area (Å²) in [6.45, 7) is 0.633. The molecule has 0 bridgehead atoms. The summed E-state index contributed by atoms with van der Waals surface area (Å²) >= 11 is 0. The summed E-state index contributed by atoms with van der Waals surface area (Å²) in [6.07, 6.45) is 6.62. The number of carbonyl (C=O) groups excluding carboxylic acids is 1. The van der Waals surface area contributed by atoms with Crippen LogP contribution in [0, 0.1) is 5.82 Å². The molecule has 1 aromatic carbocycles. The first kappa shape index (κ1) is 14.4. The molecule has 1 amide bonds. The minimum absolute atomic E-state index is 0.105. The third-order valence-electron chi connectivity index (χ3n) is 3.84. The minimum Gasteiger partial charge on any atom is -0.494 e. The van der Waals surface area contributed by atoms with Gasteiger partial charge in [-0.15, -0.1) is 0 Å². The highest BCUT2D eigenvalue weighted by Crippen LogP contribution is 2.32. The molecule has 5 nitrogen and oxygen atoms in total. The molecule has 1 atom stereocenters. The van der Waals surface area contributed by atoms with Gasteiger partial charge in [0.15, 0.2) is 11.6 Å². The molecular weight excluding hydrogens is 285 g/mol. The number of methoxy groups -OCH3 is 1. The molecule has 0 radical (unpaired) electrons. The van der Waals surface area contributed by atoms with Gasteiger partial charge in [0, 0.05) is 24.5 Å². The van der Waals surface area contributed by atoms with Gasteiger partial charge in [-0.05, 0) is 31.0 Å². The predicted molar refractivity (Wildman–Crippen MR) is 78.0 cm³/mol. The van der Waals surface area contributed by atoms with E-state index in [0.29, 0.717) is 12.1 Å². The molecule has 2 heterocycles. The summed E-state index contributed by atoms with van der Waals surface area (Å²) < 4.78 is 18.7. The van der Waals surface area contributed by atoms with Crippen LogP contribution in [0.5, 0.6) is 5.75 Å². The third-order valence-corrected chi connectivity index (χ3v) is 3.84. The molecule has 2 aromatic rings. The fourth-order valence-corrected chi connectivity index (χ4v) is 2.77. The van der Waals surface area contributed by atoms with Crippen molar-refractivity contribution in [3.63, 3.8) is 0 Å². The van der Waals surface area contributed by atoms with Crippen molar-refractivity contribution in [3.8, 4) is 5.75 Å². The van der Waals surface area contributed by atoms with Crippen molar-refractivity contribution in [2.45, 2.75) is 18.9 Å². The normalized spacial score (nSPS) is 17.5. The maximum absolute atomic E-state index is 13.8. The Kier molecular flexibility index (Phi) is 4.00. The Morgan fingerprint density at radius 1 is 1.41 bits per heavy atom. The number of nitrogens with zero attached hydrogens (tertiary/aromatic N) is 3. The maximum atomic E-state index is 13.8. The van der Waals surface area contributed by atoms with Crippen LogP contribution in [-0.4, -0.2) is 34.4 Å². The van der Waals surface area contributed by atoms with Gasteiger partial charge in [0.1, 0.15) is 0 Å². The van der Waals surface area contributed by atoms with Crippen molar-refractivity contribution in [1.82, 2.24) is 14.9 Å². The van der Waals surface area contributed by atoms with Crippen molar-refractivity contribution >= 4 is 5.91 Å². The van der Waals surface area contributed by atoms with Crippen LogP contribution in [0.2, 0.25) is 0 Å². The van der Waals surface area contributed by atoms with E-state index in [-0.39, 0.29) is 17.7 Å². The Hall–Kier alpha value is -2.50. The molecular formula is C16H16FN3O2. The average Bonchev–Trinajstić information content (AvgIpc) is 3.04. The number of rotatable bonds is 3. The molecule has 1 aliphatic rings. The van der Waals surface area contributed by atoms with Crippen molar-refractivity contribution in [2.24, 2.45) is 0 Å². The summed E-state index contributed by atoms with van der Waals surface area (Å²) in [6, 6.07) is 4.16. The van der Waals surface area contributed by atoms with E-state index in [2.05, 4.69) is 9.97 Å². The van der Waals surface area contributed by atoms with Gasteiger partial charge >= 0.3 is 0 Å². The van der Waals surface area contributed by atoms with Crippen LogP contribution in [0.3, 0.4) is 0 Å². The number of likely N-dealkylation sites (tertiary alicyclic amines) is 1. The molecule has 114 valence electrons. The second-order valence-electron chi connectivity index (χ2n) is 5.14. The van der Waals surface area contributed by atoms with Gasteiger partial charge in [0.2, 0.25) is 0 Å². The fraction of sp³-hybridized carbons (Fsp3) is 0.312. The van der Waals surface area contributed by atoms with Gasteiger partial charge in [-0.2, -0.15) is 0 Å². The van der Waals surface area contributed by atoms with E-state index in [4.69, 9.17) is 4.74 Å². The fourth-order valence-electron chi connectivity index (χ4n) is 2.77. The molecule has 1 aliphatic heterocycles. The molecule has 0 N–H and O–H groups in total. The van der Waals surface area contributed by atoms with E-state index in [9.17, 15) is 9.18 Å². The van der Waals surface area contributed by atoms with Crippen molar-refractivity contribution in [2.75, 3.05) is 13.7 Å². The van der Waals surface area contributed by atoms with E-state index in [1.165, 1.54) is 19.2 Å². The average molecular weight is 301 g/mol. The SMILES string of the molecule is COc1ccc(C(=O)N2CCCC2c2cnccn2)cc1F. The lowest BCUT2D eigenvalue weighted by atomic mass is 10.1. The summed E-state index contributed by atoms with van der Waals surface area (Å²) in [5.74, 6) is -0.609. The van der Waals surface area contributed by atoms with Crippen LogP contribution in [0.15, 0.2) is 36.8 Å². The quantitative estimate of drug-likeness (QED) is 0.874. The zero-order valence-electron chi connectivity index (χ0n) is 12.2. The van der Waals surface area contributed by atoms with Gasteiger partial charge in [0.25, 0.3) is 5.91 Å². The van der Waals surface area contributed by atoms with Crippen molar-refractivity contribution in [3.05, 3.63) is 53.9 Å². The van der Waals surface area contributed by atoms with Crippen molar-refractivity contribution < 1.29 is 13.9 Å². The monoisotopic (exact) mass is 301 g/mol. The second kappa shape index (κ2) is 6.09. The van der Waals surface area contributed by atoms with Crippen LogP contribution in [0.1, 0.15) is 34.9 Å². The van der Waals surface area contributed by atoms with Gasteiger partial charge < -0.3 is 9.64 Å². The molecule has 0 spiro atoms. The van der Waals surface area contributed by atoms with Crippen molar-refractivity contribution in [1.29, 1.82) is 0 Å². The number of ether oxygens (including phenoxy) is 1. The Morgan fingerprint density at radius 3 is 2.95 bits per heavy atom. The summed E-state index contributed by atoms with van der Waals surface area (Å²) in [7, 11) is 1.39. The van der Waals surface area contributed by atoms with E-state index in [1.54, 1.807) is 29.6 Å². The standard InChI is InChI=1S/C16H16FN3O2/c1-22-15-5-4-11(9-12(15)17)16(21)20-8-2-3-14(20)13-10-18-6-7-19-13/h4-7,9-10,14H,2-3,8H2,1H3. The van der Waals surface area contributed by atoms with E-state index < -0.39 is 5.82 Å². The topological polar surface area (TPSA) is 55.3 Å². The predicted octanol–water partition coefficient (Wildman–Crippen LogP) is 2.60. The Labute approximate surface area is 127 Å². The van der Waals surface area contributed by atoms with Crippen LogP contribution in [-0.2, 0) is 0 Å². The maximum Gasteiger partial charge on any atom is 0.254 e. The molecule has 6 heteroatoms. The number of benzene rings is 1.